The van der Waals surface area contributed by atoms with Crippen molar-refractivity contribution in [3.05, 3.63) is 35.4 Å². The minimum Gasteiger partial charge on any atom is -0.393 e. The molecule has 0 spiro atoms. The summed E-state index contributed by atoms with van der Waals surface area (Å²) in [5.41, 5.74) is 2.74. The van der Waals surface area contributed by atoms with Crippen molar-refractivity contribution >= 4 is 35.3 Å². The second-order valence-corrected chi connectivity index (χ2v) is 3.86. The number of aliphatic hydroxyl groups is 1. The van der Waals surface area contributed by atoms with E-state index < -0.39 is 11.4 Å². The van der Waals surface area contributed by atoms with Crippen LogP contribution in [0.1, 0.15) is 17.5 Å². The van der Waals surface area contributed by atoms with Gasteiger partial charge in [-0.2, -0.15) is 4.21 Å². The van der Waals surface area contributed by atoms with Gasteiger partial charge in [0.15, 0.2) is 0 Å². The molecule has 3 N–H and O–H groups in total. The number of aliphatic hydroxyl groups excluding tert-OH is 1. The molecule has 2 rings (SSSR count). The highest BCUT2D eigenvalue weighted by atomic mass is 127. The third kappa shape index (κ3) is 5.90. The lowest BCUT2D eigenvalue weighted by Crippen LogP contribution is -2.18. The Morgan fingerprint density at radius 3 is 2.25 bits per heavy atom. The van der Waals surface area contributed by atoms with Gasteiger partial charge in [-0.1, -0.05) is 24.3 Å². The van der Waals surface area contributed by atoms with Crippen LogP contribution in [0.4, 0.5) is 0 Å². The molecule has 0 fully saturated rings. The minimum atomic E-state index is -2.61. The molecule has 0 bridgehead atoms. The van der Waals surface area contributed by atoms with Crippen LogP contribution >= 0.6 is 24.0 Å². The zero-order valence-electron chi connectivity index (χ0n) is 8.57. The molecule has 16 heavy (non-hydrogen) atoms. The second-order valence-electron chi connectivity index (χ2n) is 3.40. The number of fused-ring (bicyclic) bond motifs is 1. The lowest BCUT2D eigenvalue weighted by molar-refractivity contribution is 0.158. The van der Waals surface area contributed by atoms with E-state index in [2.05, 4.69) is 18.2 Å². The maximum atomic E-state index is 9.36. The first-order valence-electron chi connectivity index (χ1n) is 4.64. The first-order valence-corrected chi connectivity index (χ1v) is 5.70. The Balaban J connectivity index is 0.000000397. The normalized spacial score (nSPS) is 17.9. The lowest BCUT2D eigenvalue weighted by atomic mass is 9.90. The summed E-state index contributed by atoms with van der Waals surface area (Å²) in [7, 11) is 0. The van der Waals surface area contributed by atoms with Crippen LogP contribution in [0.25, 0.3) is 0 Å². The van der Waals surface area contributed by atoms with Gasteiger partial charge in [-0.25, -0.2) is 0 Å². The summed E-state index contributed by atoms with van der Waals surface area (Å²) in [5, 5.41) is 9.36. The van der Waals surface area contributed by atoms with Crippen LogP contribution in [0, 0.1) is 0 Å². The molecular formula is C10H15IO4S. The van der Waals surface area contributed by atoms with Gasteiger partial charge < -0.3 is 5.11 Å². The first-order chi connectivity index (χ1) is 7.09. The summed E-state index contributed by atoms with van der Waals surface area (Å²) in [4.78, 5) is 0. The van der Waals surface area contributed by atoms with Gasteiger partial charge in [-0.3, -0.25) is 9.11 Å². The maximum absolute atomic E-state index is 9.36. The molecule has 1 atom stereocenters. The quantitative estimate of drug-likeness (QED) is 0.489. The van der Waals surface area contributed by atoms with Gasteiger partial charge in [0.25, 0.3) is 11.4 Å². The molecule has 92 valence electrons. The van der Waals surface area contributed by atoms with Crippen molar-refractivity contribution in [3.63, 3.8) is 0 Å². The highest BCUT2D eigenvalue weighted by Crippen LogP contribution is 2.20. The number of aryl methyl sites for hydroxylation is 1. The monoisotopic (exact) mass is 358 g/mol. The molecule has 0 radical (unpaired) electrons. The van der Waals surface area contributed by atoms with Crippen molar-refractivity contribution in [2.75, 3.05) is 0 Å². The number of hydrogen-bond acceptors (Lipinski definition) is 2. The molecular weight excluding hydrogens is 343 g/mol. The predicted molar refractivity (Wildman–Crippen MR) is 73.3 cm³/mol. The summed E-state index contributed by atoms with van der Waals surface area (Å²) >= 11 is -2.61. The van der Waals surface area contributed by atoms with E-state index >= 15 is 0 Å². The molecule has 0 amide bonds. The number of benzene rings is 1. The van der Waals surface area contributed by atoms with Gasteiger partial charge in [0.1, 0.15) is 0 Å². The van der Waals surface area contributed by atoms with Crippen LogP contribution in [0.3, 0.4) is 0 Å². The van der Waals surface area contributed by atoms with Gasteiger partial charge in [0.2, 0.25) is 0 Å². The molecule has 1 aromatic carbocycles. The van der Waals surface area contributed by atoms with Crippen LogP contribution in [-0.2, 0) is 24.2 Å². The van der Waals surface area contributed by atoms with Crippen LogP contribution in [-0.4, -0.2) is 24.5 Å². The predicted octanol–water partition coefficient (Wildman–Crippen LogP) is 1.84. The standard InChI is InChI=1S/C10H12O.HI.H2O3S/c11-10-6-5-8-3-1-2-4-9(8)7-10;;1-4(2)3/h1-4,10-11H,5-7H2;1H;(H2,1,2,3). The van der Waals surface area contributed by atoms with Gasteiger partial charge >= 0.3 is 0 Å². The Morgan fingerprint density at radius 1 is 1.19 bits per heavy atom. The molecule has 0 aliphatic heterocycles. The van der Waals surface area contributed by atoms with Crippen LogP contribution < -0.4 is 0 Å². The molecule has 0 saturated carbocycles. The van der Waals surface area contributed by atoms with E-state index in [4.69, 9.17) is 13.3 Å². The largest absolute Gasteiger partial charge is 0.393 e. The first kappa shape index (κ1) is 16.0. The van der Waals surface area contributed by atoms with Crippen molar-refractivity contribution in [2.45, 2.75) is 25.4 Å². The van der Waals surface area contributed by atoms with E-state index in [1.54, 1.807) is 0 Å². The fraction of sp³-hybridized carbons (Fsp3) is 0.400. The van der Waals surface area contributed by atoms with E-state index in [1.165, 1.54) is 11.1 Å². The molecule has 1 unspecified atom stereocenters. The Bertz CT molecular complexity index is 341. The van der Waals surface area contributed by atoms with Crippen molar-refractivity contribution < 1.29 is 18.4 Å². The third-order valence-corrected chi connectivity index (χ3v) is 2.32. The smallest absolute Gasteiger partial charge is 0.299 e. The molecule has 1 aliphatic carbocycles. The van der Waals surface area contributed by atoms with Gasteiger partial charge in [-0.15, -0.1) is 24.0 Å². The summed E-state index contributed by atoms with van der Waals surface area (Å²) in [6, 6.07) is 8.37. The summed E-state index contributed by atoms with van der Waals surface area (Å²) in [6.07, 6.45) is 2.70. The molecule has 0 saturated heterocycles. The molecule has 1 aromatic rings. The zero-order chi connectivity index (χ0) is 11.3. The highest BCUT2D eigenvalue weighted by molar-refractivity contribution is 14.0. The van der Waals surface area contributed by atoms with Crippen LogP contribution in [0.15, 0.2) is 24.3 Å². The molecule has 0 aromatic heterocycles. The van der Waals surface area contributed by atoms with Gasteiger partial charge in [0, 0.05) is 0 Å². The average molecular weight is 358 g/mol. The van der Waals surface area contributed by atoms with Crippen molar-refractivity contribution in [1.82, 2.24) is 0 Å². The Hall–Kier alpha value is -0.0200. The third-order valence-electron chi connectivity index (χ3n) is 2.32. The van der Waals surface area contributed by atoms with Crippen molar-refractivity contribution in [3.8, 4) is 0 Å². The second kappa shape index (κ2) is 8.13. The maximum Gasteiger partial charge on any atom is 0.299 e. The van der Waals surface area contributed by atoms with E-state index in [-0.39, 0.29) is 30.1 Å². The van der Waals surface area contributed by atoms with Gasteiger partial charge in [-0.05, 0) is 30.4 Å². The summed E-state index contributed by atoms with van der Waals surface area (Å²) in [5.74, 6) is 0. The lowest BCUT2D eigenvalue weighted by Gasteiger charge is -2.19. The molecule has 4 nitrogen and oxygen atoms in total. The SMILES string of the molecule is I.O=S(O)O.OC1CCc2ccccc2C1. The fourth-order valence-corrected chi connectivity index (χ4v) is 1.68. The molecule has 0 heterocycles. The Labute approximate surface area is 114 Å². The minimum absolute atomic E-state index is 0. The fourth-order valence-electron chi connectivity index (χ4n) is 1.68. The van der Waals surface area contributed by atoms with Crippen LogP contribution in [0.5, 0.6) is 0 Å². The van der Waals surface area contributed by atoms with Crippen LogP contribution in [0.2, 0.25) is 0 Å². The number of hydrogen-bond donors (Lipinski definition) is 3. The van der Waals surface area contributed by atoms with E-state index in [0.717, 1.165) is 19.3 Å². The van der Waals surface area contributed by atoms with Crippen molar-refractivity contribution in [1.29, 1.82) is 0 Å². The number of rotatable bonds is 0. The summed E-state index contributed by atoms with van der Waals surface area (Å²) < 4.78 is 22.8. The zero-order valence-corrected chi connectivity index (χ0v) is 11.7. The summed E-state index contributed by atoms with van der Waals surface area (Å²) in [6.45, 7) is 0. The van der Waals surface area contributed by atoms with Gasteiger partial charge in [0.05, 0.1) is 6.10 Å². The van der Waals surface area contributed by atoms with Crippen molar-refractivity contribution in [2.24, 2.45) is 0 Å². The molecule has 1 aliphatic rings. The Morgan fingerprint density at radius 2 is 1.69 bits per heavy atom. The average Bonchev–Trinajstić information content (AvgIpc) is 2.16. The Kier molecular flexibility index (Phi) is 8.12. The van der Waals surface area contributed by atoms with E-state index in [1.807, 2.05) is 6.07 Å². The van der Waals surface area contributed by atoms with E-state index in [9.17, 15) is 5.11 Å². The highest BCUT2D eigenvalue weighted by Gasteiger charge is 2.14. The van der Waals surface area contributed by atoms with E-state index in [0.29, 0.717) is 0 Å². The number of halogens is 1. The molecule has 6 heteroatoms. The topological polar surface area (TPSA) is 77.8 Å².